The number of hydrogen-bond donors (Lipinski definition) is 2. The molecule has 0 unspecified atom stereocenters. The molecule has 27 heavy (non-hydrogen) atoms. The van der Waals surface area contributed by atoms with Crippen LogP contribution in [-0.4, -0.2) is 17.1 Å². The average molecular weight is 379 g/mol. The van der Waals surface area contributed by atoms with E-state index in [1.165, 1.54) is 0 Å². The van der Waals surface area contributed by atoms with Crippen molar-refractivity contribution in [2.45, 2.75) is 26.0 Å². The lowest BCUT2D eigenvalue weighted by Crippen LogP contribution is -2.45. The molecule has 0 aliphatic carbocycles. The van der Waals surface area contributed by atoms with E-state index in [1.54, 1.807) is 45.0 Å². The van der Waals surface area contributed by atoms with Gasteiger partial charge in [0.25, 0.3) is 0 Å². The number of amides is 2. The van der Waals surface area contributed by atoms with Crippen molar-refractivity contribution in [2.75, 3.05) is 5.32 Å². The first-order valence-corrected chi connectivity index (χ1v) is 8.95. The molecule has 2 N–H and O–H groups in total. The SMILES string of the molecule is C[C@H](SC1=C(C#N)C(C)(C)[C@@H](C#N)C(=O)N1)C(=O)Nc1ccc(C#N)cc1. The van der Waals surface area contributed by atoms with E-state index in [1.807, 2.05) is 12.1 Å². The summed E-state index contributed by atoms with van der Waals surface area (Å²) >= 11 is 1.06. The van der Waals surface area contributed by atoms with Gasteiger partial charge in [-0.05, 0) is 31.2 Å². The van der Waals surface area contributed by atoms with Gasteiger partial charge >= 0.3 is 0 Å². The molecule has 7 nitrogen and oxygen atoms in total. The fourth-order valence-corrected chi connectivity index (χ4v) is 3.72. The normalized spacial score (nSPS) is 19.1. The van der Waals surface area contributed by atoms with E-state index in [2.05, 4.69) is 16.7 Å². The number of nitriles is 3. The number of carbonyl (C=O) groups excluding carboxylic acids is 2. The number of nitrogens with zero attached hydrogens (tertiary/aromatic N) is 3. The first-order chi connectivity index (χ1) is 12.7. The van der Waals surface area contributed by atoms with Crippen LogP contribution in [0.4, 0.5) is 5.69 Å². The zero-order valence-corrected chi connectivity index (χ0v) is 15.8. The number of allylic oxidation sites excluding steroid dienone is 1. The number of hydrogen-bond acceptors (Lipinski definition) is 6. The van der Waals surface area contributed by atoms with Crippen LogP contribution in [0.2, 0.25) is 0 Å². The van der Waals surface area contributed by atoms with Crippen molar-refractivity contribution < 1.29 is 9.59 Å². The summed E-state index contributed by atoms with van der Waals surface area (Å²) in [4.78, 5) is 24.6. The molecule has 2 rings (SSSR count). The molecule has 0 saturated heterocycles. The molecule has 1 aliphatic heterocycles. The van der Waals surface area contributed by atoms with Crippen molar-refractivity contribution in [3.05, 3.63) is 40.4 Å². The van der Waals surface area contributed by atoms with Crippen molar-refractivity contribution in [1.29, 1.82) is 15.8 Å². The van der Waals surface area contributed by atoms with Crippen LogP contribution < -0.4 is 10.6 Å². The first kappa shape index (κ1) is 20.0. The Kier molecular flexibility index (Phi) is 5.90. The third-order valence-electron chi connectivity index (χ3n) is 4.28. The van der Waals surface area contributed by atoms with E-state index in [0.717, 1.165) is 11.8 Å². The van der Waals surface area contributed by atoms with Gasteiger partial charge in [-0.2, -0.15) is 15.8 Å². The van der Waals surface area contributed by atoms with E-state index < -0.39 is 22.5 Å². The second kappa shape index (κ2) is 7.95. The minimum Gasteiger partial charge on any atom is -0.325 e. The standard InChI is InChI=1S/C19H17N5O2S/c1-11(16(25)23-13-6-4-12(8-20)5-7-13)27-18-15(10-22)19(2,3)14(9-21)17(26)24-18/h4-7,11,14H,1-3H3,(H,23,25)(H,24,26)/t11-,14-/m0/s1. The Hall–Kier alpha value is -3.28. The van der Waals surface area contributed by atoms with Gasteiger partial charge in [0.05, 0.1) is 39.6 Å². The Bertz CT molecular complexity index is 929. The van der Waals surface area contributed by atoms with Crippen LogP contribution in [-0.2, 0) is 9.59 Å². The van der Waals surface area contributed by atoms with Crippen LogP contribution in [0.3, 0.4) is 0 Å². The molecule has 2 atom stereocenters. The van der Waals surface area contributed by atoms with Crippen molar-refractivity contribution in [1.82, 2.24) is 5.32 Å². The zero-order valence-electron chi connectivity index (χ0n) is 15.0. The van der Waals surface area contributed by atoms with Gasteiger partial charge in [0, 0.05) is 11.1 Å². The lowest BCUT2D eigenvalue weighted by Gasteiger charge is -2.35. The minimum absolute atomic E-state index is 0.275. The van der Waals surface area contributed by atoms with Gasteiger partial charge in [0.1, 0.15) is 5.92 Å². The third-order valence-corrected chi connectivity index (χ3v) is 5.39. The molecular formula is C19H17N5O2S. The summed E-state index contributed by atoms with van der Waals surface area (Å²) in [7, 11) is 0. The van der Waals surface area contributed by atoms with E-state index in [0.29, 0.717) is 16.3 Å². The molecule has 1 aliphatic rings. The summed E-state index contributed by atoms with van der Waals surface area (Å²) in [5, 5.41) is 32.6. The summed E-state index contributed by atoms with van der Waals surface area (Å²) in [6.45, 7) is 4.99. The highest BCUT2D eigenvalue weighted by Gasteiger charge is 2.45. The second-order valence-corrected chi connectivity index (χ2v) is 7.88. The minimum atomic E-state index is -0.973. The van der Waals surface area contributed by atoms with Crippen molar-refractivity contribution in [2.24, 2.45) is 11.3 Å². The van der Waals surface area contributed by atoms with Crippen LogP contribution in [0, 0.1) is 45.3 Å². The predicted octanol–water partition coefficient (Wildman–Crippen LogP) is 2.65. The van der Waals surface area contributed by atoms with E-state index in [4.69, 9.17) is 5.26 Å². The Morgan fingerprint density at radius 3 is 2.37 bits per heavy atom. The second-order valence-electron chi connectivity index (χ2n) is 6.53. The smallest absolute Gasteiger partial charge is 0.243 e. The molecule has 1 heterocycles. The van der Waals surface area contributed by atoms with E-state index in [9.17, 15) is 20.1 Å². The van der Waals surface area contributed by atoms with E-state index >= 15 is 0 Å². The van der Waals surface area contributed by atoms with Crippen LogP contribution in [0.15, 0.2) is 34.9 Å². The Balaban J connectivity index is 2.19. The highest BCUT2D eigenvalue weighted by atomic mass is 32.2. The van der Waals surface area contributed by atoms with Gasteiger partial charge < -0.3 is 10.6 Å². The van der Waals surface area contributed by atoms with Crippen molar-refractivity contribution >= 4 is 29.3 Å². The molecule has 2 amide bonds. The van der Waals surface area contributed by atoms with Gasteiger partial charge in [-0.3, -0.25) is 9.59 Å². The monoisotopic (exact) mass is 379 g/mol. The molecular weight excluding hydrogens is 362 g/mol. The van der Waals surface area contributed by atoms with Gasteiger partial charge in [-0.1, -0.05) is 25.6 Å². The lowest BCUT2D eigenvalue weighted by atomic mass is 9.72. The molecule has 136 valence electrons. The number of carbonyl (C=O) groups is 2. The molecule has 0 radical (unpaired) electrons. The fraction of sp³-hybridized carbons (Fsp3) is 0.316. The van der Waals surface area contributed by atoms with Crippen LogP contribution in [0.25, 0.3) is 0 Å². The molecule has 0 aromatic heterocycles. The number of benzene rings is 1. The van der Waals surface area contributed by atoms with Crippen molar-refractivity contribution in [3.8, 4) is 18.2 Å². The molecule has 1 aromatic carbocycles. The summed E-state index contributed by atoms with van der Waals surface area (Å²) in [6, 6.07) is 12.4. The maximum atomic E-state index is 12.4. The quantitative estimate of drug-likeness (QED) is 0.827. The molecule has 8 heteroatoms. The number of thioether (sulfide) groups is 1. The Labute approximate surface area is 161 Å². The zero-order chi connectivity index (χ0) is 20.2. The highest BCUT2D eigenvalue weighted by Crippen LogP contribution is 2.42. The maximum absolute atomic E-state index is 12.4. The fourth-order valence-electron chi connectivity index (χ4n) is 2.62. The summed E-state index contributed by atoms with van der Waals surface area (Å²) in [5.41, 5.74) is 0.353. The molecule has 1 aromatic rings. The first-order valence-electron chi connectivity index (χ1n) is 8.07. The highest BCUT2D eigenvalue weighted by molar-refractivity contribution is 8.04. The lowest BCUT2D eigenvalue weighted by molar-refractivity contribution is -0.125. The topological polar surface area (TPSA) is 130 Å². The van der Waals surface area contributed by atoms with Crippen LogP contribution in [0.5, 0.6) is 0 Å². The maximum Gasteiger partial charge on any atom is 0.243 e. The molecule has 0 saturated carbocycles. The predicted molar refractivity (Wildman–Crippen MR) is 101 cm³/mol. The van der Waals surface area contributed by atoms with Gasteiger partial charge in [-0.25, -0.2) is 0 Å². The van der Waals surface area contributed by atoms with Crippen LogP contribution in [0.1, 0.15) is 26.3 Å². The van der Waals surface area contributed by atoms with Crippen molar-refractivity contribution in [3.63, 3.8) is 0 Å². The molecule has 0 bridgehead atoms. The Morgan fingerprint density at radius 1 is 1.22 bits per heavy atom. The molecule has 0 fully saturated rings. The summed E-state index contributed by atoms with van der Waals surface area (Å²) in [6.07, 6.45) is 0. The largest absolute Gasteiger partial charge is 0.325 e. The molecule has 0 spiro atoms. The van der Waals surface area contributed by atoms with Gasteiger partial charge in [0.15, 0.2) is 0 Å². The Morgan fingerprint density at radius 2 is 1.85 bits per heavy atom. The van der Waals surface area contributed by atoms with Gasteiger partial charge in [0.2, 0.25) is 11.8 Å². The average Bonchev–Trinajstić information content (AvgIpc) is 2.62. The number of nitrogens with one attached hydrogen (secondary N) is 2. The number of anilines is 1. The third kappa shape index (κ3) is 4.11. The van der Waals surface area contributed by atoms with E-state index in [-0.39, 0.29) is 11.5 Å². The summed E-state index contributed by atoms with van der Waals surface area (Å²) < 4.78 is 0. The van der Waals surface area contributed by atoms with Crippen LogP contribution >= 0.6 is 11.8 Å². The van der Waals surface area contributed by atoms with Gasteiger partial charge in [-0.15, -0.1) is 0 Å². The number of rotatable bonds is 4. The summed E-state index contributed by atoms with van der Waals surface area (Å²) in [5.74, 6) is -1.77.